The van der Waals surface area contributed by atoms with E-state index in [2.05, 4.69) is 5.32 Å². The van der Waals surface area contributed by atoms with Gasteiger partial charge in [-0.2, -0.15) is 0 Å². The largest absolute Gasteiger partial charge is 0.296 e. The van der Waals surface area contributed by atoms with Crippen molar-refractivity contribution >= 4 is 23.6 Å². The molecule has 102 valence electrons. The van der Waals surface area contributed by atoms with Crippen molar-refractivity contribution in [1.29, 1.82) is 0 Å². The van der Waals surface area contributed by atoms with Crippen LogP contribution in [0, 0.1) is 0 Å². The van der Waals surface area contributed by atoms with Crippen LogP contribution in [0.2, 0.25) is 0 Å². The summed E-state index contributed by atoms with van der Waals surface area (Å²) in [5, 5.41) is 4.32. The fourth-order valence-electron chi connectivity index (χ4n) is 1.86. The number of amides is 4. The number of hydrogen-bond donors (Lipinski definition) is 2. The molecule has 2 aliphatic heterocycles. The minimum atomic E-state index is -0.329. The van der Waals surface area contributed by atoms with Gasteiger partial charge in [-0.15, -0.1) is 0 Å². The quantitative estimate of drug-likeness (QED) is 0.705. The van der Waals surface area contributed by atoms with Crippen LogP contribution in [0.3, 0.4) is 0 Å². The molecule has 0 spiro atoms. The van der Waals surface area contributed by atoms with Gasteiger partial charge in [-0.05, 0) is 5.56 Å². The minimum absolute atomic E-state index is 0.182. The molecule has 1 aromatic rings. The maximum atomic E-state index is 11.3. The zero-order valence-electron chi connectivity index (χ0n) is 10.5. The second kappa shape index (κ2) is 5.92. The van der Waals surface area contributed by atoms with E-state index in [0.717, 1.165) is 5.56 Å². The van der Waals surface area contributed by atoms with E-state index in [1.165, 1.54) is 12.2 Å². The Labute approximate surface area is 114 Å². The highest BCUT2D eigenvalue weighted by Crippen LogP contribution is 2.23. The molecule has 2 N–H and O–H groups in total. The Morgan fingerprint density at radius 1 is 0.850 bits per heavy atom. The molecule has 6 heteroatoms. The average molecular weight is 272 g/mol. The summed E-state index contributed by atoms with van der Waals surface area (Å²) in [6.07, 6.45) is 2.67. The molecular formula is C14H12N2O4. The van der Waals surface area contributed by atoms with Crippen LogP contribution in [0.1, 0.15) is 17.9 Å². The first-order valence-electron chi connectivity index (χ1n) is 5.98. The van der Waals surface area contributed by atoms with Crippen molar-refractivity contribution in [2.45, 2.75) is 12.3 Å². The summed E-state index contributed by atoms with van der Waals surface area (Å²) in [6.45, 7) is 0. The van der Waals surface area contributed by atoms with Gasteiger partial charge in [0.25, 0.3) is 11.8 Å². The van der Waals surface area contributed by atoms with Crippen molar-refractivity contribution in [2.24, 2.45) is 0 Å². The van der Waals surface area contributed by atoms with Crippen molar-refractivity contribution in [3.8, 4) is 0 Å². The molecule has 0 saturated carbocycles. The standard InChI is InChI=1S/C10H9NO2.C4H3NO2/c12-9-6-8(10(13)11-9)7-4-2-1-3-5-7;6-3-1-2-4(7)5-3/h1-5,8H,6H2,(H,11,12,13);1-2H,(H,5,6,7). The van der Waals surface area contributed by atoms with Crippen LogP contribution in [0.4, 0.5) is 0 Å². The van der Waals surface area contributed by atoms with Crippen molar-refractivity contribution in [3.63, 3.8) is 0 Å². The Morgan fingerprint density at radius 3 is 1.85 bits per heavy atom. The number of benzene rings is 1. The molecule has 0 bridgehead atoms. The van der Waals surface area contributed by atoms with E-state index in [9.17, 15) is 19.2 Å². The van der Waals surface area contributed by atoms with Crippen LogP contribution < -0.4 is 10.6 Å². The molecule has 1 aromatic carbocycles. The van der Waals surface area contributed by atoms with E-state index in [0.29, 0.717) is 0 Å². The highest BCUT2D eigenvalue weighted by atomic mass is 16.2. The van der Waals surface area contributed by atoms with Gasteiger partial charge in [0, 0.05) is 18.6 Å². The average Bonchev–Trinajstić information content (AvgIpc) is 2.96. The molecule has 0 aromatic heterocycles. The molecule has 6 nitrogen and oxygen atoms in total. The monoisotopic (exact) mass is 272 g/mol. The molecule has 0 radical (unpaired) electrons. The molecule has 3 rings (SSSR count). The summed E-state index contributed by atoms with van der Waals surface area (Å²) in [5.74, 6) is -1.31. The lowest BCUT2D eigenvalue weighted by atomic mass is 9.98. The van der Waals surface area contributed by atoms with Gasteiger partial charge >= 0.3 is 0 Å². The second-order valence-electron chi connectivity index (χ2n) is 4.27. The molecule has 20 heavy (non-hydrogen) atoms. The highest BCUT2D eigenvalue weighted by Gasteiger charge is 2.31. The normalized spacial score (nSPS) is 20.3. The zero-order chi connectivity index (χ0) is 14.5. The van der Waals surface area contributed by atoms with Gasteiger partial charge in [0.1, 0.15) is 0 Å². The lowest BCUT2D eigenvalue weighted by Gasteiger charge is -2.04. The smallest absolute Gasteiger partial charge is 0.250 e. The minimum Gasteiger partial charge on any atom is -0.296 e. The topological polar surface area (TPSA) is 92.3 Å². The molecule has 1 atom stereocenters. The third-order valence-corrected chi connectivity index (χ3v) is 2.80. The van der Waals surface area contributed by atoms with Crippen molar-refractivity contribution in [3.05, 3.63) is 48.0 Å². The van der Waals surface area contributed by atoms with Crippen molar-refractivity contribution in [2.75, 3.05) is 0 Å². The van der Waals surface area contributed by atoms with Gasteiger partial charge < -0.3 is 0 Å². The van der Waals surface area contributed by atoms with Gasteiger partial charge in [-0.1, -0.05) is 30.3 Å². The number of carbonyl (C=O) groups is 4. The predicted molar refractivity (Wildman–Crippen MR) is 69.2 cm³/mol. The predicted octanol–water partition coefficient (Wildman–Crippen LogP) is 0.0157. The Balaban J connectivity index is 0.000000178. The maximum absolute atomic E-state index is 11.3. The Morgan fingerprint density at radius 2 is 1.45 bits per heavy atom. The third kappa shape index (κ3) is 3.38. The molecule has 4 amide bonds. The summed E-state index contributed by atoms with van der Waals surface area (Å²) in [7, 11) is 0. The number of imide groups is 2. The first-order valence-corrected chi connectivity index (χ1v) is 5.98. The molecule has 2 aliphatic rings. The summed E-state index contributed by atoms with van der Waals surface area (Å²) in [5.41, 5.74) is 0.908. The summed E-state index contributed by atoms with van der Waals surface area (Å²) in [4.78, 5) is 42.2. The van der Waals surface area contributed by atoms with Crippen LogP contribution in [-0.4, -0.2) is 23.6 Å². The van der Waals surface area contributed by atoms with Crippen LogP contribution in [0.5, 0.6) is 0 Å². The van der Waals surface area contributed by atoms with Crippen molar-refractivity contribution in [1.82, 2.24) is 10.6 Å². The fourth-order valence-corrected chi connectivity index (χ4v) is 1.86. The molecule has 1 fully saturated rings. The number of nitrogens with one attached hydrogen (secondary N) is 2. The highest BCUT2D eigenvalue weighted by molar-refractivity contribution is 6.12. The third-order valence-electron chi connectivity index (χ3n) is 2.80. The maximum Gasteiger partial charge on any atom is 0.250 e. The van der Waals surface area contributed by atoms with Gasteiger partial charge in [0.15, 0.2) is 0 Å². The molecule has 2 heterocycles. The Hall–Kier alpha value is -2.76. The van der Waals surface area contributed by atoms with Gasteiger partial charge in [0.05, 0.1) is 5.92 Å². The number of carbonyl (C=O) groups excluding carboxylic acids is 4. The lowest BCUT2D eigenvalue weighted by molar-refractivity contribution is -0.126. The summed E-state index contributed by atoms with van der Waals surface area (Å²) < 4.78 is 0. The van der Waals surface area contributed by atoms with E-state index in [4.69, 9.17) is 0 Å². The van der Waals surface area contributed by atoms with Gasteiger partial charge in [0.2, 0.25) is 11.8 Å². The van der Waals surface area contributed by atoms with Crippen molar-refractivity contribution < 1.29 is 19.2 Å². The zero-order valence-corrected chi connectivity index (χ0v) is 10.5. The first-order chi connectivity index (χ1) is 9.56. The summed E-state index contributed by atoms with van der Waals surface area (Å²) in [6, 6.07) is 9.35. The fraction of sp³-hybridized carbons (Fsp3) is 0.143. The van der Waals surface area contributed by atoms with Crippen LogP contribution in [0.25, 0.3) is 0 Å². The summed E-state index contributed by atoms with van der Waals surface area (Å²) >= 11 is 0. The second-order valence-corrected chi connectivity index (χ2v) is 4.27. The molecule has 1 saturated heterocycles. The SMILES string of the molecule is O=C1C=CC(=O)N1.O=C1CC(c2ccccc2)C(=O)N1. The van der Waals surface area contributed by atoms with E-state index in [1.54, 1.807) is 0 Å². The van der Waals surface area contributed by atoms with Crippen LogP contribution in [0.15, 0.2) is 42.5 Å². The van der Waals surface area contributed by atoms with E-state index >= 15 is 0 Å². The molecular weight excluding hydrogens is 260 g/mol. The Kier molecular flexibility index (Phi) is 4.05. The van der Waals surface area contributed by atoms with Crippen LogP contribution >= 0.6 is 0 Å². The Bertz CT molecular complexity index is 576. The van der Waals surface area contributed by atoms with E-state index in [1.807, 2.05) is 35.6 Å². The van der Waals surface area contributed by atoms with Gasteiger partial charge in [-0.3, -0.25) is 29.8 Å². The number of rotatable bonds is 1. The lowest BCUT2D eigenvalue weighted by Crippen LogP contribution is -2.21. The number of hydrogen-bond acceptors (Lipinski definition) is 4. The molecule has 1 unspecified atom stereocenters. The first kappa shape index (κ1) is 13.7. The molecule has 0 aliphatic carbocycles. The van der Waals surface area contributed by atoms with E-state index < -0.39 is 0 Å². The van der Waals surface area contributed by atoms with E-state index in [-0.39, 0.29) is 36.0 Å². The van der Waals surface area contributed by atoms with Gasteiger partial charge in [-0.25, -0.2) is 0 Å². The van der Waals surface area contributed by atoms with Crippen LogP contribution in [-0.2, 0) is 19.2 Å².